The Morgan fingerprint density at radius 3 is 2.78 bits per heavy atom. The molecule has 1 aliphatic heterocycles. The molecule has 1 aromatic heterocycles. The van der Waals surface area contributed by atoms with E-state index in [-0.39, 0.29) is 5.91 Å². The van der Waals surface area contributed by atoms with E-state index in [1.165, 1.54) is 11.1 Å². The van der Waals surface area contributed by atoms with Crippen molar-refractivity contribution in [3.05, 3.63) is 82.1 Å². The quantitative estimate of drug-likeness (QED) is 0.734. The molecule has 0 aliphatic carbocycles. The Hall–Kier alpha value is -2.92. The summed E-state index contributed by atoms with van der Waals surface area (Å²) in [6, 6.07) is 15.5. The zero-order valence-corrected chi connectivity index (χ0v) is 15.7. The summed E-state index contributed by atoms with van der Waals surface area (Å²) in [7, 11) is 0. The Morgan fingerprint density at radius 1 is 1.11 bits per heavy atom. The number of aromatic nitrogens is 2. The van der Waals surface area contributed by atoms with Gasteiger partial charge >= 0.3 is 0 Å². The molecule has 0 spiro atoms. The van der Waals surface area contributed by atoms with Crippen molar-refractivity contribution in [1.82, 2.24) is 14.9 Å². The fraction of sp³-hybridized carbons (Fsp3) is 0.190. The van der Waals surface area contributed by atoms with Crippen molar-refractivity contribution in [2.24, 2.45) is 0 Å². The second kappa shape index (κ2) is 7.37. The molecule has 0 saturated heterocycles. The van der Waals surface area contributed by atoms with Gasteiger partial charge in [-0.25, -0.2) is 9.97 Å². The van der Waals surface area contributed by atoms with Gasteiger partial charge in [-0.1, -0.05) is 41.9 Å². The number of anilines is 2. The smallest absolute Gasteiger partial charge is 0.272 e. The summed E-state index contributed by atoms with van der Waals surface area (Å²) in [5.41, 5.74) is 4.61. The topological polar surface area (TPSA) is 58.1 Å². The lowest BCUT2D eigenvalue weighted by molar-refractivity contribution is 0.0728. The van der Waals surface area contributed by atoms with E-state index in [0.717, 1.165) is 17.7 Å². The van der Waals surface area contributed by atoms with Gasteiger partial charge in [-0.2, -0.15) is 0 Å². The molecule has 0 saturated carbocycles. The van der Waals surface area contributed by atoms with Crippen molar-refractivity contribution < 1.29 is 4.79 Å². The third-order valence-corrected chi connectivity index (χ3v) is 5.22. The number of hydrogen-bond donors (Lipinski definition) is 1. The Labute approximate surface area is 163 Å². The molecule has 1 aliphatic rings. The van der Waals surface area contributed by atoms with E-state index in [1.807, 2.05) is 42.2 Å². The number of nitrogens with zero attached hydrogens (tertiary/aromatic N) is 3. The molecule has 1 amide bonds. The van der Waals surface area contributed by atoms with E-state index in [4.69, 9.17) is 11.6 Å². The fourth-order valence-electron chi connectivity index (χ4n) is 3.23. The van der Waals surface area contributed by atoms with Gasteiger partial charge in [-0.05, 0) is 48.2 Å². The number of carbonyl (C=O) groups excluding carboxylic acids is 1. The van der Waals surface area contributed by atoms with E-state index >= 15 is 0 Å². The molecule has 0 unspecified atom stereocenters. The standard InChI is InChI=1S/C21H19ClN4O/c1-14-17(22)7-4-8-18(14)24-21-23-11-9-19(25-21)20(27)26-12-10-15-5-2-3-6-16(15)13-26/h2-9,11H,10,12-13H2,1H3,(H,23,24,25). The van der Waals surface area contributed by atoms with Gasteiger partial charge in [0.1, 0.15) is 5.69 Å². The average molecular weight is 379 g/mol. The minimum atomic E-state index is -0.0854. The minimum absolute atomic E-state index is 0.0854. The predicted molar refractivity (Wildman–Crippen MR) is 106 cm³/mol. The van der Waals surface area contributed by atoms with Gasteiger partial charge in [-0.15, -0.1) is 0 Å². The molecule has 6 heteroatoms. The van der Waals surface area contributed by atoms with Crippen LogP contribution in [0.5, 0.6) is 0 Å². The number of carbonyl (C=O) groups is 1. The third-order valence-electron chi connectivity index (χ3n) is 4.81. The normalized spacial score (nSPS) is 13.2. The summed E-state index contributed by atoms with van der Waals surface area (Å²) in [6.45, 7) is 3.22. The maximum atomic E-state index is 12.9. The third kappa shape index (κ3) is 3.64. The van der Waals surface area contributed by atoms with Gasteiger partial charge in [0, 0.05) is 30.0 Å². The molecular weight excluding hydrogens is 360 g/mol. The molecule has 0 fully saturated rings. The minimum Gasteiger partial charge on any atom is -0.333 e. The lowest BCUT2D eigenvalue weighted by Gasteiger charge is -2.28. The predicted octanol–water partition coefficient (Wildman–Crippen LogP) is 4.38. The van der Waals surface area contributed by atoms with Crippen molar-refractivity contribution >= 4 is 29.1 Å². The zero-order valence-electron chi connectivity index (χ0n) is 14.9. The maximum Gasteiger partial charge on any atom is 0.272 e. The lowest BCUT2D eigenvalue weighted by atomic mass is 10.00. The van der Waals surface area contributed by atoms with Crippen LogP contribution in [0.15, 0.2) is 54.7 Å². The monoisotopic (exact) mass is 378 g/mol. The van der Waals surface area contributed by atoms with E-state index in [1.54, 1.807) is 12.3 Å². The number of amides is 1. The first-order valence-corrected chi connectivity index (χ1v) is 9.21. The summed E-state index contributed by atoms with van der Waals surface area (Å²) >= 11 is 6.16. The highest BCUT2D eigenvalue weighted by Crippen LogP contribution is 2.25. The van der Waals surface area contributed by atoms with Crippen LogP contribution >= 0.6 is 11.6 Å². The fourth-order valence-corrected chi connectivity index (χ4v) is 3.41. The Morgan fingerprint density at radius 2 is 1.93 bits per heavy atom. The average Bonchev–Trinajstić information content (AvgIpc) is 2.71. The second-order valence-corrected chi connectivity index (χ2v) is 6.96. The van der Waals surface area contributed by atoms with Crippen LogP contribution in [0.4, 0.5) is 11.6 Å². The highest BCUT2D eigenvalue weighted by Gasteiger charge is 2.22. The van der Waals surface area contributed by atoms with Crippen LogP contribution in [0, 0.1) is 6.92 Å². The van der Waals surface area contributed by atoms with Crippen molar-refractivity contribution in [2.45, 2.75) is 19.9 Å². The van der Waals surface area contributed by atoms with Crippen molar-refractivity contribution in [3.63, 3.8) is 0 Å². The highest BCUT2D eigenvalue weighted by atomic mass is 35.5. The van der Waals surface area contributed by atoms with Crippen LogP contribution in [0.25, 0.3) is 0 Å². The van der Waals surface area contributed by atoms with Crippen LogP contribution < -0.4 is 5.32 Å². The van der Waals surface area contributed by atoms with Crippen molar-refractivity contribution in [1.29, 1.82) is 0 Å². The largest absolute Gasteiger partial charge is 0.333 e. The first-order valence-electron chi connectivity index (χ1n) is 8.83. The van der Waals surface area contributed by atoms with E-state index in [2.05, 4.69) is 27.4 Å². The Balaban J connectivity index is 1.54. The van der Waals surface area contributed by atoms with Gasteiger partial charge in [0.15, 0.2) is 0 Å². The molecule has 136 valence electrons. The number of rotatable bonds is 3. The van der Waals surface area contributed by atoms with E-state index < -0.39 is 0 Å². The van der Waals surface area contributed by atoms with Crippen LogP contribution in [-0.4, -0.2) is 27.3 Å². The van der Waals surface area contributed by atoms with Crippen LogP contribution in [0.2, 0.25) is 5.02 Å². The zero-order chi connectivity index (χ0) is 18.8. The molecule has 27 heavy (non-hydrogen) atoms. The molecule has 5 nitrogen and oxygen atoms in total. The number of halogens is 1. The molecule has 4 rings (SSSR count). The molecule has 2 aromatic carbocycles. The first-order chi connectivity index (χ1) is 13.1. The van der Waals surface area contributed by atoms with Crippen LogP contribution in [0.1, 0.15) is 27.2 Å². The van der Waals surface area contributed by atoms with E-state index in [0.29, 0.717) is 29.8 Å². The SMILES string of the molecule is Cc1c(Cl)cccc1Nc1nccc(C(=O)N2CCc3ccccc3C2)n1. The van der Waals surface area contributed by atoms with Gasteiger partial charge in [0.05, 0.1) is 0 Å². The number of fused-ring (bicyclic) bond motifs is 1. The van der Waals surface area contributed by atoms with E-state index in [9.17, 15) is 4.79 Å². The van der Waals surface area contributed by atoms with Crippen molar-refractivity contribution in [2.75, 3.05) is 11.9 Å². The van der Waals surface area contributed by atoms with Gasteiger partial charge in [-0.3, -0.25) is 4.79 Å². The lowest BCUT2D eigenvalue weighted by Crippen LogP contribution is -2.36. The van der Waals surface area contributed by atoms with Gasteiger partial charge in [0.25, 0.3) is 5.91 Å². The summed E-state index contributed by atoms with van der Waals surface area (Å²) in [6.07, 6.45) is 2.46. The van der Waals surface area contributed by atoms with Crippen molar-refractivity contribution in [3.8, 4) is 0 Å². The maximum absolute atomic E-state index is 12.9. The molecule has 1 N–H and O–H groups in total. The molecular formula is C21H19ClN4O. The molecule has 0 atom stereocenters. The van der Waals surface area contributed by atoms with Crippen LogP contribution in [0.3, 0.4) is 0 Å². The van der Waals surface area contributed by atoms with Gasteiger partial charge in [0.2, 0.25) is 5.95 Å². The highest BCUT2D eigenvalue weighted by molar-refractivity contribution is 6.31. The Bertz CT molecular complexity index is 1000. The molecule has 3 aromatic rings. The summed E-state index contributed by atoms with van der Waals surface area (Å²) in [5, 5.41) is 3.82. The number of nitrogens with one attached hydrogen (secondary N) is 1. The van der Waals surface area contributed by atoms with Crippen LogP contribution in [-0.2, 0) is 13.0 Å². The molecule has 0 bridgehead atoms. The second-order valence-electron chi connectivity index (χ2n) is 6.55. The number of hydrogen-bond acceptors (Lipinski definition) is 4. The summed E-state index contributed by atoms with van der Waals surface area (Å²) in [5.74, 6) is 0.293. The van der Waals surface area contributed by atoms with Gasteiger partial charge < -0.3 is 10.2 Å². The summed E-state index contributed by atoms with van der Waals surface area (Å²) in [4.78, 5) is 23.4. The first kappa shape index (κ1) is 17.5. The Kier molecular flexibility index (Phi) is 4.77. The summed E-state index contributed by atoms with van der Waals surface area (Å²) < 4.78 is 0. The molecule has 0 radical (unpaired) electrons. The molecule has 2 heterocycles. The number of benzene rings is 2.